The smallest absolute Gasteiger partial charge is 0.245 e. The van der Waals surface area contributed by atoms with Gasteiger partial charge in [-0.2, -0.15) is 11.8 Å². The lowest BCUT2D eigenvalue weighted by Crippen LogP contribution is -2.59. The molecule has 4 nitrogen and oxygen atoms in total. The first-order valence-electron chi connectivity index (χ1n) is 6.19. The summed E-state index contributed by atoms with van der Waals surface area (Å²) >= 11 is 1.78. The van der Waals surface area contributed by atoms with E-state index in [0.717, 1.165) is 18.6 Å². The largest absolute Gasteiger partial charge is 0.342 e. The predicted molar refractivity (Wildman–Crippen MR) is 68.8 cm³/mol. The molecular formula is C12H20N2O2S. The van der Waals surface area contributed by atoms with Gasteiger partial charge in [0.2, 0.25) is 11.8 Å². The Kier molecular flexibility index (Phi) is 3.97. The summed E-state index contributed by atoms with van der Waals surface area (Å²) in [5, 5.41) is 2.83. The van der Waals surface area contributed by atoms with Crippen LogP contribution in [0.3, 0.4) is 0 Å². The van der Waals surface area contributed by atoms with Gasteiger partial charge < -0.3 is 10.2 Å². The van der Waals surface area contributed by atoms with Crippen LogP contribution in [0.4, 0.5) is 0 Å². The molecule has 0 aromatic rings. The molecule has 0 bridgehead atoms. The molecule has 5 heteroatoms. The SMILES string of the molecule is CSCC(C)CN1CC(=O)NC(C2CC2)C1=O. The molecule has 2 fully saturated rings. The van der Waals surface area contributed by atoms with Gasteiger partial charge in [-0.25, -0.2) is 0 Å². The summed E-state index contributed by atoms with van der Waals surface area (Å²) in [6.07, 6.45) is 4.21. The maximum atomic E-state index is 12.2. The number of hydrogen-bond acceptors (Lipinski definition) is 3. The number of rotatable bonds is 5. The van der Waals surface area contributed by atoms with Crippen LogP contribution in [0.2, 0.25) is 0 Å². The van der Waals surface area contributed by atoms with Crippen molar-refractivity contribution in [2.45, 2.75) is 25.8 Å². The lowest BCUT2D eigenvalue weighted by molar-refractivity contribution is -0.145. The molecule has 0 spiro atoms. The highest BCUT2D eigenvalue weighted by Gasteiger charge is 2.42. The third-order valence-corrected chi connectivity index (χ3v) is 4.21. The monoisotopic (exact) mass is 256 g/mol. The molecule has 2 atom stereocenters. The van der Waals surface area contributed by atoms with Crippen LogP contribution in [0.1, 0.15) is 19.8 Å². The van der Waals surface area contributed by atoms with Crippen molar-refractivity contribution in [3.8, 4) is 0 Å². The van der Waals surface area contributed by atoms with Crippen molar-refractivity contribution in [1.29, 1.82) is 0 Å². The fraction of sp³-hybridized carbons (Fsp3) is 0.833. The number of hydrogen-bond donors (Lipinski definition) is 1. The number of nitrogens with one attached hydrogen (secondary N) is 1. The highest BCUT2D eigenvalue weighted by Crippen LogP contribution is 2.34. The van der Waals surface area contributed by atoms with Gasteiger partial charge in [-0.15, -0.1) is 0 Å². The lowest BCUT2D eigenvalue weighted by atomic mass is 10.1. The van der Waals surface area contributed by atoms with E-state index in [9.17, 15) is 9.59 Å². The van der Waals surface area contributed by atoms with Crippen LogP contribution in [-0.2, 0) is 9.59 Å². The number of amides is 2. The Morgan fingerprint density at radius 1 is 1.47 bits per heavy atom. The van der Waals surface area contributed by atoms with Crippen LogP contribution in [0.5, 0.6) is 0 Å². The van der Waals surface area contributed by atoms with Gasteiger partial charge in [-0.05, 0) is 36.7 Å². The van der Waals surface area contributed by atoms with Crippen LogP contribution >= 0.6 is 11.8 Å². The average Bonchev–Trinajstić information content (AvgIpc) is 3.07. The second-order valence-electron chi connectivity index (χ2n) is 5.16. The van der Waals surface area contributed by atoms with Gasteiger partial charge in [0.05, 0.1) is 6.54 Å². The molecule has 0 radical (unpaired) electrons. The molecule has 1 aliphatic heterocycles. The van der Waals surface area contributed by atoms with Crippen LogP contribution in [0, 0.1) is 11.8 Å². The van der Waals surface area contributed by atoms with Crippen LogP contribution in [0.15, 0.2) is 0 Å². The minimum absolute atomic E-state index is 0.00199. The van der Waals surface area contributed by atoms with E-state index in [1.54, 1.807) is 16.7 Å². The zero-order valence-electron chi connectivity index (χ0n) is 10.4. The molecule has 1 saturated heterocycles. The van der Waals surface area contributed by atoms with Crippen molar-refractivity contribution < 1.29 is 9.59 Å². The Morgan fingerprint density at radius 2 is 2.18 bits per heavy atom. The number of carbonyl (C=O) groups excluding carboxylic acids is 2. The Hall–Kier alpha value is -0.710. The fourth-order valence-electron chi connectivity index (χ4n) is 2.35. The van der Waals surface area contributed by atoms with E-state index >= 15 is 0 Å². The van der Waals surface area contributed by atoms with Crippen molar-refractivity contribution in [1.82, 2.24) is 10.2 Å². The van der Waals surface area contributed by atoms with Crippen LogP contribution in [-0.4, -0.2) is 47.9 Å². The van der Waals surface area contributed by atoms with E-state index in [0.29, 0.717) is 18.4 Å². The van der Waals surface area contributed by atoms with Crippen molar-refractivity contribution in [3.63, 3.8) is 0 Å². The maximum absolute atomic E-state index is 12.2. The van der Waals surface area contributed by atoms with Gasteiger partial charge in [0, 0.05) is 6.54 Å². The summed E-state index contributed by atoms with van der Waals surface area (Å²) in [5.41, 5.74) is 0. The molecule has 1 N–H and O–H groups in total. The number of piperazine rings is 1. The van der Waals surface area contributed by atoms with Gasteiger partial charge in [-0.3, -0.25) is 9.59 Å². The molecule has 0 aromatic carbocycles. The molecule has 96 valence electrons. The quantitative estimate of drug-likeness (QED) is 0.788. The Balaban J connectivity index is 1.95. The van der Waals surface area contributed by atoms with E-state index in [4.69, 9.17) is 0 Å². The number of thioether (sulfide) groups is 1. The first-order valence-corrected chi connectivity index (χ1v) is 7.58. The van der Waals surface area contributed by atoms with E-state index in [-0.39, 0.29) is 24.4 Å². The second-order valence-corrected chi connectivity index (χ2v) is 6.07. The maximum Gasteiger partial charge on any atom is 0.245 e. The first-order chi connectivity index (χ1) is 8.11. The normalized spacial score (nSPS) is 26.9. The average molecular weight is 256 g/mol. The van der Waals surface area contributed by atoms with E-state index in [1.807, 2.05) is 0 Å². The zero-order chi connectivity index (χ0) is 12.4. The summed E-state index contributed by atoms with van der Waals surface area (Å²) in [4.78, 5) is 25.5. The summed E-state index contributed by atoms with van der Waals surface area (Å²) in [6, 6.07) is -0.238. The summed E-state index contributed by atoms with van der Waals surface area (Å²) in [6.45, 7) is 3.07. The fourth-order valence-corrected chi connectivity index (χ4v) is 3.02. The number of nitrogens with zero attached hydrogens (tertiary/aromatic N) is 1. The van der Waals surface area contributed by atoms with Gasteiger partial charge >= 0.3 is 0 Å². The molecule has 1 saturated carbocycles. The number of carbonyl (C=O) groups is 2. The predicted octanol–water partition coefficient (Wildman–Crippen LogP) is 0.722. The third-order valence-electron chi connectivity index (χ3n) is 3.31. The van der Waals surface area contributed by atoms with Gasteiger partial charge in [-0.1, -0.05) is 6.92 Å². The molecule has 2 unspecified atom stereocenters. The Labute approximate surface area is 106 Å². The topological polar surface area (TPSA) is 49.4 Å². The Bertz CT molecular complexity index is 318. The molecule has 1 aliphatic carbocycles. The summed E-state index contributed by atoms with van der Waals surface area (Å²) in [7, 11) is 0. The van der Waals surface area contributed by atoms with Gasteiger partial charge in [0.25, 0.3) is 0 Å². The van der Waals surface area contributed by atoms with Crippen molar-refractivity contribution in [2.75, 3.05) is 25.1 Å². The molecule has 17 heavy (non-hydrogen) atoms. The highest BCUT2D eigenvalue weighted by molar-refractivity contribution is 7.98. The molecule has 2 rings (SSSR count). The molecule has 2 aliphatic rings. The third kappa shape index (κ3) is 3.15. The zero-order valence-corrected chi connectivity index (χ0v) is 11.3. The van der Waals surface area contributed by atoms with Gasteiger partial charge in [0.15, 0.2) is 0 Å². The lowest BCUT2D eigenvalue weighted by Gasteiger charge is -2.34. The first kappa shape index (κ1) is 12.7. The standard InChI is InChI=1S/C12H20N2O2S/c1-8(7-17-2)5-14-6-10(15)13-11(12(14)16)9-3-4-9/h8-9,11H,3-7H2,1-2H3,(H,13,15). The van der Waals surface area contributed by atoms with Crippen LogP contribution in [0.25, 0.3) is 0 Å². The van der Waals surface area contributed by atoms with Crippen LogP contribution < -0.4 is 5.32 Å². The van der Waals surface area contributed by atoms with E-state index in [1.165, 1.54) is 0 Å². The van der Waals surface area contributed by atoms with Crippen molar-refractivity contribution in [2.24, 2.45) is 11.8 Å². The minimum atomic E-state index is -0.238. The molecular weight excluding hydrogens is 236 g/mol. The summed E-state index contributed by atoms with van der Waals surface area (Å²) in [5.74, 6) is 1.99. The summed E-state index contributed by atoms with van der Waals surface area (Å²) < 4.78 is 0. The highest BCUT2D eigenvalue weighted by atomic mass is 32.2. The molecule has 1 heterocycles. The van der Waals surface area contributed by atoms with E-state index in [2.05, 4.69) is 18.5 Å². The molecule has 0 aromatic heterocycles. The van der Waals surface area contributed by atoms with Crippen molar-refractivity contribution >= 4 is 23.6 Å². The molecule has 2 amide bonds. The second kappa shape index (κ2) is 5.29. The van der Waals surface area contributed by atoms with Gasteiger partial charge in [0.1, 0.15) is 6.04 Å². The Morgan fingerprint density at radius 3 is 2.76 bits per heavy atom. The van der Waals surface area contributed by atoms with Crippen molar-refractivity contribution in [3.05, 3.63) is 0 Å². The minimum Gasteiger partial charge on any atom is -0.342 e. The van der Waals surface area contributed by atoms with E-state index < -0.39 is 0 Å².